The number of aryl methyl sites for hydroxylation is 2. The standard InChI is InChI=1S/C16H13ClFN3S/c17-16-20-14(19-10-5-3-4-9(18)8-10)13-11-6-1-2-7-12(11)22-15(13)21-16/h3-5,8H,1-2,6-7H2,(H,19,20,21). The van der Waals surface area contributed by atoms with E-state index in [0.717, 1.165) is 23.1 Å². The van der Waals surface area contributed by atoms with Crippen LogP contribution in [-0.4, -0.2) is 9.97 Å². The summed E-state index contributed by atoms with van der Waals surface area (Å²) in [7, 11) is 0. The SMILES string of the molecule is Fc1cccc(Nc2nc(Cl)nc3sc4c(c23)CCCC4)c1. The summed E-state index contributed by atoms with van der Waals surface area (Å²) in [5, 5.41) is 4.44. The molecule has 0 spiro atoms. The number of benzene rings is 1. The van der Waals surface area contributed by atoms with Crippen LogP contribution in [0.5, 0.6) is 0 Å². The smallest absolute Gasteiger partial charge is 0.225 e. The molecule has 1 N–H and O–H groups in total. The molecule has 0 atom stereocenters. The summed E-state index contributed by atoms with van der Waals surface area (Å²) in [5.74, 6) is 0.383. The van der Waals surface area contributed by atoms with Crippen LogP contribution >= 0.6 is 22.9 Å². The molecule has 3 aromatic rings. The van der Waals surface area contributed by atoms with Crippen molar-refractivity contribution in [2.75, 3.05) is 5.32 Å². The third-order valence-corrected chi connectivity index (χ3v) is 5.23. The lowest BCUT2D eigenvalue weighted by atomic mass is 9.97. The van der Waals surface area contributed by atoms with Gasteiger partial charge in [0.15, 0.2) is 0 Å². The van der Waals surface area contributed by atoms with E-state index >= 15 is 0 Å². The van der Waals surface area contributed by atoms with Crippen LogP contribution in [0, 0.1) is 5.82 Å². The zero-order chi connectivity index (χ0) is 15.1. The van der Waals surface area contributed by atoms with Gasteiger partial charge in [-0.15, -0.1) is 11.3 Å². The second-order valence-electron chi connectivity index (χ2n) is 5.37. The molecule has 0 saturated carbocycles. The summed E-state index contributed by atoms with van der Waals surface area (Å²) in [6.07, 6.45) is 4.53. The van der Waals surface area contributed by atoms with Crippen LogP contribution in [-0.2, 0) is 12.8 Å². The van der Waals surface area contributed by atoms with Gasteiger partial charge in [0.1, 0.15) is 16.5 Å². The van der Waals surface area contributed by atoms with Crippen molar-refractivity contribution >= 4 is 44.7 Å². The topological polar surface area (TPSA) is 37.8 Å². The largest absolute Gasteiger partial charge is 0.339 e. The van der Waals surface area contributed by atoms with Crippen LogP contribution in [0.15, 0.2) is 24.3 Å². The molecule has 0 bridgehead atoms. The van der Waals surface area contributed by atoms with Crippen molar-refractivity contribution in [1.29, 1.82) is 0 Å². The predicted molar refractivity (Wildman–Crippen MR) is 88.7 cm³/mol. The fourth-order valence-corrected chi connectivity index (χ4v) is 4.41. The number of hydrogen-bond acceptors (Lipinski definition) is 4. The average Bonchev–Trinajstić information content (AvgIpc) is 2.85. The third-order valence-electron chi connectivity index (χ3n) is 3.87. The van der Waals surface area contributed by atoms with Gasteiger partial charge in [-0.1, -0.05) is 6.07 Å². The van der Waals surface area contributed by atoms with E-state index in [1.807, 2.05) is 6.07 Å². The van der Waals surface area contributed by atoms with Crippen LogP contribution in [0.3, 0.4) is 0 Å². The zero-order valence-electron chi connectivity index (χ0n) is 11.7. The Bertz CT molecular complexity index is 862. The second kappa shape index (κ2) is 5.48. The molecule has 112 valence electrons. The zero-order valence-corrected chi connectivity index (χ0v) is 13.3. The number of aromatic nitrogens is 2. The lowest BCUT2D eigenvalue weighted by Gasteiger charge is -2.12. The molecule has 0 amide bonds. The molecule has 1 aliphatic rings. The number of thiophene rings is 1. The summed E-state index contributed by atoms with van der Waals surface area (Å²) in [4.78, 5) is 11.0. The van der Waals surface area contributed by atoms with Gasteiger partial charge in [-0.2, -0.15) is 4.98 Å². The molecule has 6 heteroatoms. The van der Waals surface area contributed by atoms with Gasteiger partial charge < -0.3 is 5.32 Å². The van der Waals surface area contributed by atoms with Crippen LogP contribution in [0.2, 0.25) is 5.28 Å². The molecular weight excluding hydrogens is 321 g/mol. The molecule has 1 aliphatic carbocycles. The third kappa shape index (κ3) is 2.44. The number of fused-ring (bicyclic) bond motifs is 3. The summed E-state index contributed by atoms with van der Waals surface area (Å²) >= 11 is 7.75. The lowest BCUT2D eigenvalue weighted by molar-refractivity contribution is 0.628. The number of anilines is 2. The Labute approximate surface area is 136 Å². The molecule has 22 heavy (non-hydrogen) atoms. The molecule has 0 saturated heterocycles. The van der Waals surface area contributed by atoms with Gasteiger partial charge >= 0.3 is 0 Å². The van der Waals surface area contributed by atoms with Gasteiger partial charge in [0.2, 0.25) is 5.28 Å². The van der Waals surface area contributed by atoms with Gasteiger partial charge in [-0.25, -0.2) is 9.37 Å². The Balaban J connectivity index is 1.87. The predicted octanol–water partition coefficient (Wildman–Crippen LogP) is 5.11. The van der Waals surface area contributed by atoms with Crippen molar-refractivity contribution in [3.63, 3.8) is 0 Å². The van der Waals surface area contributed by atoms with Crippen molar-refractivity contribution in [2.24, 2.45) is 0 Å². The van der Waals surface area contributed by atoms with Gasteiger partial charge in [-0.3, -0.25) is 0 Å². The maximum absolute atomic E-state index is 13.4. The molecule has 1 aromatic carbocycles. The molecule has 2 aromatic heterocycles. The number of nitrogens with one attached hydrogen (secondary N) is 1. The van der Waals surface area contributed by atoms with Crippen molar-refractivity contribution in [3.8, 4) is 0 Å². The van der Waals surface area contributed by atoms with Gasteiger partial charge in [0.05, 0.1) is 5.39 Å². The number of rotatable bonds is 2. The minimum Gasteiger partial charge on any atom is -0.339 e. The van der Waals surface area contributed by atoms with E-state index in [-0.39, 0.29) is 11.1 Å². The van der Waals surface area contributed by atoms with E-state index in [4.69, 9.17) is 11.6 Å². The van der Waals surface area contributed by atoms with Crippen LogP contribution < -0.4 is 5.32 Å². The van der Waals surface area contributed by atoms with E-state index in [1.54, 1.807) is 17.4 Å². The normalized spacial score (nSPS) is 14.1. The maximum atomic E-state index is 13.4. The van der Waals surface area contributed by atoms with Crippen LogP contribution in [0.4, 0.5) is 15.9 Å². The van der Waals surface area contributed by atoms with E-state index in [9.17, 15) is 4.39 Å². The molecule has 0 unspecified atom stereocenters. The van der Waals surface area contributed by atoms with Gasteiger partial charge in [-0.05, 0) is 61.0 Å². The fraction of sp³-hybridized carbons (Fsp3) is 0.250. The first-order valence-corrected chi connectivity index (χ1v) is 8.40. The quantitative estimate of drug-likeness (QED) is 0.662. The van der Waals surface area contributed by atoms with E-state index in [0.29, 0.717) is 11.5 Å². The van der Waals surface area contributed by atoms with Crippen LogP contribution in [0.1, 0.15) is 23.3 Å². The van der Waals surface area contributed by atoms with E-state index in [1.165, 1.54) is 35.4 Å². The van der Waals surface area contributed by atoms with Crippen molar-refractivity contribution < 1.29 is 4.39 Å². The first kappa shape index (κ1) is 13.9. The number of nitrogens with zero attached hydrogens (tertiary/aromatic N) is 2. The molecule has 3 nitrogen and oxygen atoms in total. The molecular formula is C16H13ClFN3S. The number of halogens is 2. The summed E-state index contributed by atoms with van der Waals surface area (Å²) in [6.45, 7) is 0. The minimum absolute atomic E-state index is 0.213. The minimum atomic E-state index is -0.284. The first-order chi connectivity index (χ1) is 10.7. The van der Waals surface area contributed by atoms with Crippen molar-refractivity contribution in [2.45, 2.75) is 25.7 Å². The summed E-state index contributed by atoms with van der Waals surface area (Å²) in [6, 6.07) is 6.34. The Morgan fingerprint density at radius 1 is 1.18 bits per heavy atom. The van der Waals surface area contributed by atoms with Gasteiger partial charge in [0, 0.05) is 10.6 Å². The highest BCUT2D eigenvalue weighted by Gasteiger charge is 2.21. The Kier molecular flexibility index (Phi) is 3.47. The van der Waals surface area contributed by atoms with Crippen molar-refractivity contribution in [3.05, 3.63) is 45.8 Å². The fourth-order valence-electron chi connectivity index (χ4n) is 2.92. The highest BCUT2D eigenvalue weighted by molar-refractivity contribution is 7.19. The van der Waals surface area contributed by atoms with Crippen LogP contribution in [0.25, 0.3) is 10.2 Å². The molecule has 0 radical (unpaired) electrons. The summed E-state index contributed by atoms with van der Waals surface area (Å²) in [5.41, 5.74) is 1.98. The Hall–Kier alpha value is -1.72. The highest BCUT2D eigenvalue weighted by atomic mass is 35.5. The lowest BCUT2D eigenvalue weighted by Crippen LogP contribution is -2.01. The van der Waals surface area contributed by atoms with E-state index in [2.05, 4.69) is 15.3 Å². The molecule has 0 fully saturated rings. The monoisotopic (exact) mass is 333 g/mol. The molecule has 2 heterocycles. The first-order valence-electron chi connectivity index (χ1n) is 7.21. The molecule has 0 aliphatic heterocycles. The average molecular weight is 334 g/mol. The van der Waals surface area contributed by atoms with Crippen molar-refractivity contribution in [1.82, 2.24) is 9.97 Å². The second-order valence-corrected chi connectivity index (χ2v) is 6.79. The maximum Gasteiger partial charge on any atom is 0.225 e. The highest BCUT2D eigenvalue weighted by Crippen LogP contribution is 2.39. The van der Waals surface area contributed by atoms with E-state index < -0.39 is 0 Å². The Morgan fingerprint density at radius 2 is 2.05 bits per heavy atom. The molecule has 4 rings (SSSR count). The van der Waals surface area contributed by atoms with Gasteiger partial charge in [0.25, 0.3) is 0 Å². The Morgan fingerprint density at radius 3 is 2.91 bits per heavy atom. The summed E-state index contributed by atoms with van der Waals surface area (Å²) < 4.78 is 13.4. The number of hydrogen-bond donors (Lipinski definition) is 1.